The summed E-state index contributed by atoms with van der Waals surface area (Å²) in [5.41, 5.74) is 1.35. The Morgan fingerprint density at radius 1 is 1.08 bits per heavy atom. The molecule has 120 valence electrons. The number of hydrogen-bond donors (Lipinski definition) is 0. The molecule has 1 aliphatic rings. The van der Waals surface area contributed by atoms with Gasteiger partial charge in [-0.25, -0.2) is 4.79 Å². The third-order valence-corrected chi connectivity index (χ3v) is 3.72. The molecule has 24 heavy (non-hydrogen) atoms. The molecule has 2 aromatic carbocycles. The van der Waals surface area contributed by atoms with Crippen LogP contribution in [0.5, 0.6) is 5.75 Å². The lowest BCUT2D eigenvalue weighted by Gasteiger charge is -2.11. The highest BCUT2D eigenvalue weighted by Crippen LogP contribution is 2.31. The summed E-state index contributed by atoms with van der Waals surface area (Å²) in [6, 6.07) is 15.8. The average molecular weight is 323 g/mol. The minimum absolute atomic E-state index is 0.347. The van der Waals surface area contributed by atoms with Gasteiger partial charge in [-0.1, -0.05) is 18.2 Å². The quantitative estimate of drug-likeness (QED) is 0.692. The molecule has 0 radical (unpaired) electrons. The predicted octanol–water partition coefficient (Wildman–Crippen LogP) is 3.21. The molecule has 1 aliphatic heterocycles. The molecule has 1 aromatic heterocycles. The summed E-state index contributed by atoms with van der Waals surface area (Å²) in [5.74, 6) is 1.08. The first-order valence-corrected chi connectivity index (χ1v) is 7.32. The molecule has 0 aliphatic carbocycles. The molecule has 3 aromatic rings. The molecule has 0 bridgehead atoms. The van der Waals surface area contributed by atoms with Crippen LogP contribution in [0.3, 0.4) is 0 Å². The number of fused-ring (bicyclic) bond motifs is 1. The summed E-state index contributed by atoms with van der Waals surface area (Å²) in [5, 5.41) is 4.72. The van der Waals surface area contributed by atoms with Crippen LogP contribution < -0.4 is 10.4 Å². The minimum atomic E-state index is -0.795. The number of rotatable bonds is 3. The van der Waals surface area contributed by atoms with E-state index in [0.717, 1.165) is 16.7 Å². The number of nitrogens with zero attached hydrogens (tertiary/aromatic N) is 1. The van der Waals surface area contributed by atoms with Gasteiger partial charge in [0.15, 0.2) is 0 Å². The number of para-hydroxylation sites is 1. The molecule has 0 N–H and O–H groups in total. The summed E-state index contributed by atoms with van der Waals surface area (Å²) < 4.78 is 16.1. The van der Waals surface area contributed by atoms with E-state index in [4.69, 9.17) is 18.7 Å². The highest BCUT2D eigenvalue weighted by molar-refractivity contribution is 5.94. The van der Waals surface area contributed by atoms with E-state index in [1.807, 2.05) is 24.3 Å². The van der Waals surface area contributed by atoms with Crippen LogP contribution in [0.4, 0.5) is 0 Å². The first kappa shape index (κ1) is 14.3. The van der Waals surface area contributed by atoms with Gasteiger partial charge in [-0.05, 0) is 35.5 Å². The largest absolute Gasteiger partial charge is 0.497 e. The van der Waals surface area contributed by atoms with Crippen molar-refractivity contribution in [2.24, 2.45) is 5.16 Å². The zero-order chi connectivity index (χ0) is 16.5. The van der Waals surface area contributed by atoms with Gasteiger partial charge in [-0.3, -0.25) is 0 Å². The van der Waals surface area contributed by atoms with Crippen LogP contribution >= 0.6 is 0 Å². The summed E-state index contributed by atoms with van der Waals surface area (Å²) in [6.07, 6.45) is -0.795. The van der Waals surface area contributed by atoms with Gasteiger partial charge in [-0.2, -0.15) is 0 Å². The van der Waals surface area contributed by atoms with Crippen molar-refractivity contribution in [3.63, 3.8) is 0 Å². The molecule has 6 heteroatoms. The number of oxime groups is 1. The van der Waals surface area contributed by atoms with Crippen LogP contribution in [0.25, 0.3) is 11.0 Å². The molecule has 0 fully saturated rings. The predicted molar refractivity (Wildman–Crippen MR) is 86.9 cm³/mol. The van der Waals surface area contributed by atoms with Crippen LogP contribution in [-0.2, 0) is 9.57 Å². The van der Waals surface area contributed by atoms with Crippen LogP contribution in [0.1, 0.15) is 17.4 Å². The van der Waals surface area contributed by atoms with Gasteiger partial charge in [0.05, 0.1) is 12.7 Å². The van der Waals surface area contributed by atoms with Gasteiger partial charge in [0.1, 0.15) is 11.3 Å². The Balaban J connectivity index is 1.65. The third kappa shape index (κ3) is 2.48. The molecule has 1 unspecified atom stereocenters. The van der Waals surface area contributed by atoms with Crippen LogP contribution in [0, 0.1) is 0 Å². The Bertz CT molecular complexity index is 975. The van der Waals surface area contributed by atoms with Crippen molar-refractivity contribution in [2.45, 2.75) is 6.29 Å². The molecule has 6 nitrogen and oxygen atoms in total. The van der Waals surface area contributed by atoms with Crippen LogP contribution in [0.15, 0.2) is 69.0 Å². The van der Waals surface area contributed by atoms with Crippen molar-refractivity contribution in [3.05, 3.63) is 76.1 Å². The van der Waals surface area contributed by atoms with Gasteiger partial charge < -0.3 is 18.7 Å². The van der Waals surface area contributed by atoms with Crippen molar-refractivity contribution in [3.8, 4) is 5.75 Å². The molecule has 0 amide bonds. The maximum Gasteiger partial charge on any atom is 0.336 e. The molecule has 0 saturated heterocycles. The normalized spacial score (nSPS) is 16.4. The number of methoxy groups -OCH3 is 1. The SMILES string of the molecule is COc1ccc(C2=NOC(c3cc(=O)oc4ccccc34)O2)cc1. The summed E-state index contributed by atoms with van der Waals surface area (Å²) in [6.45, 7) is 0. The second kappa shape index (κ2) is 5.73. The average Bonchev–Trinajstić information content (AvgIpc) is 3.11. The highest BCUT2D eigenvalue weighted by Gasteiger charge is 2.27. The van der Waals surface area contributed by atoms with Crippen molar-refractivity contribution >= 4 is 16.9 Å². The van der Waals surface area contributed by atoms with Gasteiger partial charge in [-0.15, -0.1) is 0 Å². The first-order chi connectivity index (χ1) is 11.7. The van der Waals surface area contributed by atoms with E-state index in [2.05, 4.69) is 5.16 Å². The molecule has 2 heterocycles. The number of ether oxygens (including phenoxy) is 2. The Labute approximate surface area is 136 Å². The lowest BCUT2D eigenvalue weighted by Crippen LogP contribution is -2.09. The fourth-order valence-electron chi connectivity index (χ4n) is 2.55. The Morgan fingerprint density at radius 3 is 2.67 bits per heavy atom. The van der Waals surface area contributed by atoms with E-state index in [1.54, 1.807) is 31.4 Å². The maximum atomic E-state index is 11.8. The van der Waals surface area contributed by atoms with E-state index < -0.39 is 11.9 Å². The topological polar surface area (TPSA) is 70.3 Å². The van der Waals surface area contributed by atoms with Crippen molar-refractivity contribution < 1.29 is 18.7 Å². The zero-order valence-electron chi connectivity index (χ0n) is 12.8. The van der Waals surface area contributed by atoms with Crippen molar-refractivity contribution in [2.75, 3.05) is 7.11 Å². The molecular formula is C18H13NO5. The van der Waals surface area contributed by atoms with Crippen molar-refractivity contribution in [1.82, 2.24) is 0 Å². The first-order valence-electron chi connectivity index (χ1n) is 7.32. The van der Waals surface area contributed by atoms with Crippen LogP contribution in [0.2, 0.25) is 0 Å². The number of hydrogen-bond acceptors (Lipinski definition) is 6. The van der Waals surface area contributed by atoms with Gasteiger partial charge >= 0.3 is 5.63 Å². The van der Waals surface area contributed by atoms with Gasteiger partial charge in [0, 0.05) is 17.0 Å². The van der Waals surface area contributed by atoms with Crippen molar-refractivity contribution in [1.29, 1.82) is 0 Å². The second-order valence-electron chi connectivity index (χ2n) is 5.20. The Hall–Kier alpha value is -3.28. The fraction of sp³-hybridized carbons (Fsp3) is 0.111. The highest BCUT2D eigenvalue weighted by atomic mass is 16.8. The molecule has 0 saturated carbocycles. The lowest BCUT2D eigenvalue weighted by molar-refractivity contribution is -0.0490. The molecule has 0 spiro atoms. The lowest BCUT2D eigenvalue weighted by atomic mass is 10.1. The van der Waals surface area contributed by atoms with Crippen LogP contribution in [-0.4, -0.2) is 13.0 Å². The monoisotopic (exact) mass is 323 g/mol. The molecule has 1 atom stereocenters. The Morgan fingerprint density at radius 2 is 1.88 bits per heavy atom. The summed E-state index contributed by atoms with van der Waals surface area (Å²) in [7, 11) is 1.60. The summed E-state index contributed by atoms with van der Waals surface area (Å²) >= 11 is 0. The van der Waals surface area contributed by atoms with E-state index in [1.165, 1.54) is 6.07 Å². The van der Waals surface area contributed by atoms with E-state index in [9.17, 15) is 4.79 Å². The van der Waals surface area contributed by atoms with E-state index >= 15 is 0 Å². The number of benzene rings is 2. The second-order valence-corrected chi connectivity index (χ2v) is 5.20. The van der Waals surface area contributed by atoms with Gasteiger partial charge in [0.25, 0.3) is 12.2 Å². The molecular weight excluding hydrogens is 310 g/mol. The van der Waals surface area contributed by atoms with E-state index in [-0.39, 0.29) is 0 Å². The van der Waals surface area contributed by atoms with Gasteiger partial charge in [0.2, 0.25) is 0 Å². The summed E-state index contributed by atoms with van der Waals surface area (Å²) in [4.78, 5) is 17.1. The van der Waals surface area contributed by atoms with E-state index in [0.29, 0.717) is 17.0 Å². The fourth-order valence-corrected chi connectivity index (χ4v) is 2.55. The zero-order valence-corrected chi connectivity index (χ0v) is 12.8. The molecule has 4 rings (SSSR count). The maximum absolute atomic E-state index is 11.8. The standard InChI is InChI=1S/C18H13NO5/c1-21-12-8-6-11(7-9-12)17-19-24-18(23-17)14-10-16(20)22-15-5-3-2-4-13(14)15/h2-10,18H,1H3. The third-order valence-electron chi connectivity index (χ3n) is 3.72. The minimum Gasteiger partial charge on any atom is -0.497 e. The Kier molecular flexibility index (Phi) is 3.42. The smallest absolute Gasteiger partial charge is 0.336 e.